The van der Waals surface area contributed by atoms with Gasteiger partial charge in [0, 0.05) is 44.2 Å². The zero-order valence-electron chi connectivity index (χ0n) is 17.9. The number of hydrogen-bond donors (Lipinski definition) is 0. The zero-order valence-corrected chi connectivity index (χ0v) is 22.6. The minimum Gasteiger partial charge on any atom is -0.411 e. The van der Waals surface area contributed by atoms with Crippen LogP contribution in [-0.2, 0) is 0 Å². The van der Waals surface area contributed by atoms with Gasteiger partial charge in [-0.25, -0.2) is 0 Å². The first-order valence-corrected chi connectivity index (χ1v) is 15.6. The molecule has 0 fully saturated rings. The van der Waals surface area contributed by atoms with Gasteiger partial charge in [0.2, 0.25) is 11.8 Å². The van der Waals surface area contributed by atoms with Crippen molar-refractivity contribution in [3.63, 3.8) is 0 Å². The normalized spacial score (nSPS) is 11.2. The second-order valence-corrected chi connectivity index (χ2v) is 12.5. The Morgan fingerprint density at radius 3 is 1.38 bits per heavy atom. The van der Waals surface area contributed by atoms with Crippen molar-refractivity contribution in [1.29, 1.82) is 0 Å². The van der Waals surface area contributed by atoms with Gasteiger partial charge in [-0.05, 0) is 61.4 Å². The average Bonchev–Trinajstić information content (AvgIpc) is 3.51. The molecule has 4 rings (SSSR count). The van der Waals surface area contributed by atoms with Crippen LogP contribution in [0.1, 0.15) is 12.8 Å². The number of aromatic nitrogens is 4. The van der Waals surface area contributed by atoms with E-state index in [9.17, 15) is 0 Å². The van der Waals surface area contributed by atoms with E-state index in [1.54, 1.807) is 23.5 Å². The number of rotatable bonds is 13. The maximum absolute atomic E-state index is 5.91. The molecule has 0 aliphatic rings. The molecule has 0 spiro atoms. The molecule has 0 N–H and O–H groups in total. The van der Waals surface area contributed by atoms with Crippen molar-refractivity contribution in [2.75, 3.05) is 23.0 Å². The smallest absolute Gasteiger partial charge is 0.276 e. The third-order valence-electron chi connectivity index (χ3n) is 4.27. The molecule has 6 nitrogen and oxygen atoms in total. The lowest BCUT2D eigenvalue weighted by Crippen LogP contribution is -1.85. The molecule has 34 heavy (non-hydrogen) atoms. The van der Waals surface area contributed by atoms with Gasteiger partial charge in [-0.2, -0.15) is 0 Å². The highest BCUT2D eigenvalue weighted by molar-refractivity contribution is 8.76. The SMILES string of the molecule is Clc1ccc(-c2nnc(SCCCSSCCCSc3nnc(-c4ccc(Cl)cc4)o3)o2)cc1. The highest BCUT2D eigenvalue weighted by atomic mass is 35.5. The lowest BCUT2D eigenvalue weighted by atomic mass is 10.2. The third kappa shape index (κ3) is 8.13. The standard InChI is InChI=1S/C22H20Cl2N4O2S4/c23-17-7-3-15(4-8-17)19-25-27-21(29-19)31-11-1-13-33-34-14-2-12-32-22-28-26-20(30-22)16-5-9-18(24)10-6-16/h3-10H,1-2,11-14H2. The summed E-state index contributed by atoms with van der Waals surface area (Å²) in [6, 6.07) is 14.7. The molecule has 0 atom stereocenters. The molecule has 0 amide bonds. The Morgan fingerprint density at radius 1 is 0.559 bits per heavy atom. The summed E-state index contributed by atoms with van der Waals surface area (Å²) in [7, 11) is 3.79. The molecular formula is C22H20Cl2N4O2S4. The van der Waals surface area contributed by atoms with Crippen molar-refractivity contribution in [1.82, 2.24) is 20.4 Å². The molecule has 0 aliphatic heterocycles. The largest absolute Gasteiger partial charge is 0.411 e. The summed E-state index contributed by atoms with van der Waals surface area (Å²) in [5.41, 5.74) is 1.74. The van der Waals surface area contributed by atoms with Crippen LogP contribution >= 0.6 is 68.3 Å². The first-order chi connectivity index (χ1) is 16.7. The minimum absolute atomic E-state index is 0.517. The molecule has 0 saturated carbocycles. The first-order valence-electron chi connectivity index (χ1n) is 10.4. The molecule has 178 valence electrons. The van der Waals surface area contributed by atoms with Crippen molar-refractivity contribution in [2.45, 2.75) is 23.3 Å². The minimum atomic E-state index is 0.517. The Balaban J connectivity index is 1.03. The Kier molecular flexibility index (Phi) is 10.4. The molecule has 0 saturated heterocycles. The van der Waals surface area contributed by atoms with Gasteiger partial charge in [0.15, 0.2) is 0 Å². The van der Waals surface area contributed by atoms with Crippen LogP contribution in [0.25, 0.3) is 22.9 Å². The van der Waals surface area contributed by atoms with Crippen molar-refractivity contribution in [3.05, 3.63) is 58.6 Å². The van der Waals surface area contributed by atoms with E-state index in [0.29, 0.717) is 32.3 Å². The molecule has 0 bridgehead atoms. The number of nitrogens with zero attached hydrogens (tertiary/aromatic N) is 4. The van der Waals surface area contributed by atoms with Crippen LogP contribution in [0.5, 0.6) is 0 Å². The molecule has 0 radical (unpaired) electrons. The summed E-state index contributed by atoms with van der Waals surface area (Å²) in [4.78, 5) is 0. The van der Waals surface area contributed by atoms with Gasteiger partial charge in [0.05, 0.1) is 0 Å². The van der Waals surface area contributed by atoms with Gasteiger partial charge in [0.25, 0.3) is 10.4 Å². The van der Waals surface area contributed by atoms with Crippen LogP contribution < -0.4 is 0 Å². The molecule has 2 heterocycles. The van der Waals surface area contributed by atoms with E-state index in [-0.39, 0.29) is 0 Å². The van der Waals surface area contributed by atoms with E-state index < -0.39 is 0 Å². The predicted octanol–water partition coefficient (Wildman–Crippen LogP) is 8.14. The van der Waals surface area contributed by atoms with Crippen LogP contribution in [0.2, 0.25) is 10.0 Å². The average molecular weight is 572 g/mol. The van der Waals surface area contributed by atoms with E-state index in [0.717, 1.165) is 47.0 Å². The van der Waals surface area contributed by atoms with Gasteiger partial charge < -0.3 is 8.83 Å². The first kappa shape index (κ1) is 25.8. The molecular weight excluding hydrogens is 551 g/mol. The highest BCUT2D eigenvalue weighted by Crippen LogP contribution is 2.29. The second kappa shape index (κ2) is 13.7. The zero-order chi connectivity index (χ0) is 23.6. The van der Waals surface area contributed by atoms with Gasteiger partial charge in [0.1, 0.15) is 0 Å². The van der Waals surface area contributed by atoms with E-state index in [1.807, 2.05) is 70.1 Å². The van der Waals surface area contributed by atoms with Crippen LogP contribution in [0.4, 0.5) is 0 Å². The van der Waals surface area contributed by atoms with E-state index in [2.05, 4.69) is 20.4 Å². The van der Waals surface area contributed by atoms with Gasteiger partial charge in [-0.1, -0.05) is 68.3 Å². The van der Waals surface area contributed by atoms with Crippen LogP contribution in [-0.4, -0.2) is 43.4 Å². The molecule has 12 heteroatoms. The van der Waals surface area contributed by atoms with E-state index in [1.165, 1.54) is 0 Å². The number of benzene rings is 2. The van der Waals surface area contributed by atoms with Crippen molar-refractivity contribution >= 4 is 68.3 Å². The van der Waals surface area contributed by atoms with Crippen molar-refractivity contribution in [3.8, 4) is 22.9 Å². The molecule has 0 unspecified atom stereocenters. The third-order valence-corrected chi connectivity index (χ3v) is 9.16. The van der Waals surface area contributed by atoms with Crippen molar-refractivity contribution < 1.29 is 8.83 Å². The summed E-state index contributed by atoms with van der Waals surface area (Å²) >= 11 is 15.0. The summed E-state index contributed by atoms with van der Waals surface area (Å²) in [6.45, 7) is 0. The molecule has 4 aromatic rings. The van der Waals surface area contributed by atoms with Crippen LogP contribution in [0.15, 0.2) is 67.8 Å². The summed E-state index contributed by atoms with van der Waals surface area (Å²) in [5, 5.41) is 19.0. The Labute approximate surface area is 224 Å². The van der Waals surface area contributed by atoms with Gasteiger partial charge >= 0.3 is 0 Å². The van der Waals surface area contributed by atoms with E-state index in [4.69, 9.17) is 32.0 Å². The topological polar surface area (TPSA) is 77.8 Å². The summed E-state index contributed by atoms with van der Waals surface area (Å²) < 4.78 is 11.4. The highest BCUT2D eigenvalue weighted by Gasteiger charge is 2.10. The quantitative estimate of drug-likeness (QED) is 0.0891. The summed E-state index contributed by atoms with van der Waals surface area (Å²) in [6.07, 6.45) is 2.15. The Hall–Kier alpha value is -1.30. The lowest BCUT2D eigenvalue weighted by Gasteiger charge is -2.00. The molecule has 0 aliphatic carbocycles. The maximum atomic E-state index is 5.91. The Morgan fingerprint density at radius 2 is 0.971 bits per heavy atom. The summed E-state index contributed by atoms with van der Waals surface area (Å²) in [5.74, 6) is 5.08. The van der Waals surface area contributed by atoms with Gasteiger partial charge in [-0.15, -0.1) is 20.4 Å². The fourth-order valence-corrected chi connectivity index (χ4v) is 6.82. The van der Waals surface area contributed by atoms with Crippen LogP contribution in [0.3, 0.4) is 0 Å². The monoisotopic (exact) mass is 570 g/mol. The number of hydrogen-bond acceptors (Lipinski definition) is 10. The predicted molar refractivity (Wildman–Crippen MR) is 145 cm³/mol. The number of thioether (sulfide) groups is 2. The van der Waals surface area contributed by atoms with Crippen LogP contribution in [0, 0.1) is 0 Å². The van der Waals surface area contributed by atoms with Crippen molar-refractivity contribution in [2.24, 2.45) is 0 Å². The molecule has 2 aromatic carbocycles. The van der Waals surface area contributed by atoms with E-state index >= 15 is 0 Å². The Bertz CT molecular complexity index is 1060. The number of halogens is 2. The van der Waals surface area contributed by atoms with Gasteiger partial charge in [-0.3, -0.25) is 0 Å². The maximum Gasteiger partial charge on any atom is 0.276 e. The lowest BCUT2D eigenvalue weighted by molar-refractivity contribution is 0.465. The fourth-order valence-electron chi connectivity index (χ4n) is 2.63. The second-order valence-electron chi connectivity index (χ2n) is 6.81. The fraction of sp³-hybridized carbons (Fsp3) is 0.273. The molecule has 2 aromatic heterocycles.